The van der Waals surface area contributed by atoms with Crippen molar-refractivity contribution in [2.24, 2.45) is 0 Å². The minimum atomic E-state index is -0.246. The van der Waals surface area contributed by atoms with E-state index in [2.05, 4.69) is 5.32 Å². The van der Waals surface area contributed by atoms with Gasteiger partial charge in [-0.15, -0.1) is 0 Å². The maximum absolute atomic E-state index is 13.7. The number of amides is 1. The van der Waals surface area contributed by atoms with Gasteiger partial charge in [-0.05, 0) is 62.2 Å². The number of ether oxygens (including phenoxy) is 1. The van der Waals surface area contributed by atoms with E-state index in [0.717, 1.165) is 22.8 Å². The quantitative estimate of drug-likeness (QED) is 0.710. The van der Waals surface area contributed by atoms with Gasteiger partial charge in [0.2, 0.25) is 0 Å². The van der Waals surface area contributed by atoms with Crippen LogP contribution in [0.1, 0.15) is 27.3 Å². The highest BCUT2D eigenvalue weighted by molar-refractivity contribution is 5.95. The third-order valence-electron chi connectivity index (χ3n) is 4.64. The van der Waals surface area contributed by atoms with Crippen molar-refractivity contribution in [3.63, 3.8) is 0 Å². The Hall–Kier alpha value is -3.08. The number of halogens is 1. The summed E-state index contributed by atoms with van der Waals surface area (Å²) < 4.78 is 20.9. The molecule has 3 rings (SSSR count). The van der Waals surface area contributed by atoms with E-state index in [1.165, 1.54) is 6.07 Å². The molecule has 5 heteroatoms. The van der Waals surface area contributed by atoms with Gasteiger partial charge in [0.15, 0.2) is 0 Å². The molecule has 1 amide bonds. The zero-order valence-electron chi connectivity index (χ0n) is 15.8. The topological polar surface area (TPSA) is 43.3 Å². The predicted octanol–water partition coefficient (Wildman–Crippen LogP) is 4.21. The number of rotatable bonds is 6. The fourth-order valence-corrected chi connectivity index (χ4v) is 3.23. The lowest BCUT2D eigenvalue weighted by Gasteiger charge is -2.11. The van der Waals surface area contributed by atoms with Crippen LogP contribution in [0, 0.1) is 19.7 Å². The van der Waals surface area contributed by atoms with Gasteiger partial charge in [0.25, 0.3) is 5.91 Å². The van der Waals surface area contributed by atoms with E-state index in [9.17, 15) is 9.18 Å². The van der Waals surface area contributed by atoms with Gasteiger partial charge in [-0.3, -0.25) is 4.79 Å². The zero-order valence-corrected chi connectivity index (χ0v) is 15.8. The van der Waals surface area contributed by atoms with Gasteiger partial charge in [0, 0.05) is 23.6 Å². The molecule has 0 aliphatic rings. The lowest BCUT2D eigenvalue weighted by atomic mass is 10.1. The van der Waals surface area contributed by atoms with E-state index in [4.69, 9.17) is 4.74 Å². The molecule has 4 nitrogen and oxygen atoms in total. The molecule has 1 heterocycles. The smallest absolute Gasteiger partial charge is 0.253 e. The summed E-state index contributed by atoms with van der Waals surface area (Å²) in [5.74, 6) is 0.385. The number of nitrogens with one attached hydrogen (secondary N) is 1. The average Bonchev–Trinajstić information content (AvgIpc) is 2.97. The lowest BCUT2D eigenvalue weighted by Crippen LogP contribution is -2.26. The second-order valence-electron chi connectivity index (χ2n) is 6.42. The SMILES string of the molecule is COc1ccc(-n2c(C)cc(C(=O)NCCc3ccccc3F)c2C)cc1. The number of carbonyl (C=O) groups excluding carboxylic acids is 1. The standard InChI is InChI=1S/C22H23FN2O2/c1-15-14-20(16(2)25(15)18-8-10-19(27-3)11-9-18)22(26)24-13-12-17-6-4-5-7-21(17)23/h4-11,14H,12-13H2,1-3H3,(H,24,26). The van der Waals surface area contributed by atoms with Crippen LogP contribution in [-0.2, 0) is 6.42 Å². The first kappa shape index (κ1) is 18.7. The third-order valence-corrected chi connectivity index (χ3v) is 4.64. The van der Waals surface area contributed by atoms with Crippen molar-refractivity contribution in [1.82, 2.24) is 9.88 Å². The van der Waals surface area contributed by atoms with Crippen molar-refractivity contribution < 1.29 is 13.9 Å². The van der Waals surface area contributed by atoms with Gasteiger partial charge in [0.1, 0.15) is 11.6 Å². The average molecular weight is 366 g/mol. The van der Waals surface area contributed by atoms with E-state index >= 15 is 0 Å². The van der Waals surface area contributed by atoms with Gasteiger partial charge >= 0.3 is 0 Å². The molecule has 0 radical (unpaired) electrons. The molecule has 1 aromatic heterocycles. The molecule has 0 saturated carbocycles. The molecule has 0 atom stereocenters. The summed E-state index contributed by atoms with van der Waals surface area (Å²) in [4.78, 5) is 12.6. The molecule has 0 bridgehead atoms. The first-order valence-corrected chi connectivity index (χ1v) is 8.86. The van der Waals surface area contributed by atoms with E-state index in [1.54, 1.807) is 25.3 Å². The van der Waals surface area contributed by atoms with Gasteiger partial charge in [-0.25, -0.2) is 4.39 Å². The summed E-state index contributed by atoms with van der Waals surface area (Å²) in [5.41, 5.74) is 4.02. The van der Waals surface area contributed by atoms with Crippen LogP contribution < -0.4 is 10.1 Å². The highest BCUT2D eigenvalue weighted by atomic mass is 19.1. The molecule has 0 unspecified atom stereocenters. The Kier molecular flexibility index (Phi) is 5.60. The van der Waals surface area contributed by atoms with Crippen LogP contribution in [0.4, 0.5) is 4.39 Å². The number of methoxy groups -OCH3 is 1. The van der Waals surface area contributed by atoms with Crippen molar-refractivity contribution in [3.05, 3.63) is 82.9 Å². The number of aryl methyl sites for hydroxylation is 1. The van der Waals surface area contributed by atoms with Crippen molar-refractivity contribution >= 4 is 5.91 Å². The second kappa shape index (κ2) is 8.08. The van der Waals surface area contributed by atoms with E-state index in [0.29, 0.717) is 24.1 Å². The summed E-state index contributed by atoms with van der Waals surface area (Å²) in [6.07, 6.45) is 0.454. The van der Waals surface area contributed by atoms with E-state index in [1.807, 2.05) is 48.7 Å². The second-order valence-corrected chi connectivity index (χ2v) is 6.42. The predicted molar refractivity (Wildman–Crippen MR) is 104 cm³/mol. The normalized spacial score (nSPS) is 10.7. The first-order valence-electron chi connectivity index (χ1n) is 8.86. The first-order chi connectivity index (χ1) is 13.0. The molecule has 0 saturated heterocycles. The van der Waals surface area contributed by atoms with Crippen molar-refractivity contribution in [2.45, 2.75) is 20.3 Å². The molecular weight excluding hydrogens is 343 g/mol. The number of hydrogen-bond acceptors (Lipinski definition) is 2. The lowest BCUT2D eigenvalue weighted by molar-refractivity contribution is 0.0953. The van der Waals surface area contributed by atoms with Crippen LogP contribution in [0.5, 0.6) is 5.75 Å². The van der Waals surface area contributed by atoms with Crippen LogP contribution in [0.2, 0.25) is 0 Å². The highest BCUT2D eigenvalue weighted by Crippen LogP contribution is 2.22. The summed E-state index contributed by atoms with van der Waals surface area (Å²) in [6, 6.07) is 16.2. The van der Waals surface area contributed by atoms with E-state index in [-0.39, 0.29) is 11.7 Å². The molecule has 2 aromatic carbocycles. The van der Waals surface area contributed by atoms with E-state index < -0.39 is 0 Å². The minimum Gasteiger partial charge on any atom is -0.497 e. The van der Waals surface area contributed by atoms with Crippen LogP contribution in [-0.4, -0.2) is 24.1 Å². The third kappa shape index (κ3) is 4.03. The molecule has 27 heavy (non-hydrogen) atoms. The fraction of sp³-hybridized carbons (Fsp3) is 0.227. The molecule has 0 aliphatic carbocycles. The largest absolute Gasteiger partial charge is 0.497 e. The Bertz CT molecular complexity index is 945. The Morgan fingerprint density at radius 2 is 1.81 bits per heavy atom. The van der Waals surface area contributed by atoms with Gasteiger partial charge in [-0.2, -0.15) is 0 Å². The Balaban J connectivity index is 1.73. The maximum atomic E-state index is 13.7. The molecule has 0 aliphatic heterocycles. The molecular formula is C22H23FN2O2. The van der Waals surface area contributed by atoms with Crippen LogP contribution in [0.3, 0.4) is 0 Å². The number of hydrogen-bond donors (Lipinski definition) is 1. The Labute approximate surface area is 158 Å². The van der Waals surface area contributed by atoms with Gasteiger partial charge in [-0.1, -0.05) is 18.2 Å². The summed E-state index contributed by atoms with van der Waals surface area (Å²) >= 11 is 0. The Morgan fingerprint density at radius 3 is 2.48 bits per heavy atom. The summed E-state index contributed by atoms with van der Waals surface area (Å²) in [6.45, 7) is 4.27. The number of nitrogens with zero attached hydrogens (tertiary/aromatic N) is 1. The molecule has 0 fully saturated rings. The summed E-state index contributed by atoms with van der Waals surface area (Å²) in [7, 11) is 1.63. The minimum absolute atomic E-state index is 0.154. The van der Waals surface area contributed by atoms with Crippen LogP contribution in [0.25, 0.3) is 5.69 Å². The van der Waals surface area contributed by atoms with Gasteiger partial charge in [0.05, 0.1) is 12.7 Å². The number of benzene rings is 2. The molecule has 1 N–H and O–H groups in total. The van der Waals surface area contributed by atoms with Crippen molar-refractivity contribution in [2.75, 3.05) is 13.7 Å². The highest BCUT2D eigenvalue weighted by Gasteiger charge is 2.16. The van der Waals surface area contributed by atoms with Gasteiger partial charge < -0.3 is 14.6 Å². The van der Waals surface area contributed by atoms with Crippen molar-refractivity contribution in [1.29, 1.82) is 0 Å². The molecule has 3 aromatic rings. The molecule has 0 spiro atoms. The summed E-state index contributed by atoms with van der Waals surface area (Å²) in [5, 5.41) is 2.89. The zero-order chi connectivity index (χ0) is 19.4. The van der Waals surface area contributed by atoms with Crippen LogP contribution in [0.15, 0.2) is 54.6 Å². The molecule has 140 valence electrons. The number of aromatic nitrogens is 1. The monoisotopic (exact) mass is 366 g/mol. The number of carbonyl (C=O) groups is 1. The van der Waals surface area contributed by atoms with Crippen molar-refractivity contribution in [3.8, 4) is 11.4 Å². The fourth-order valence-electron chi connectivity index (χ4n) is 3.23. The van der Waals surface area contributed by atoms with Crippen LogP contribution >= 0.6 is 0 Å². The Morgan fingerprint density at radius 1 is 1.11 bits per heavy atom. The maximum Gasteiger partial charge on any atom is 0.253 e.